The summed E-state index contributed by atoms with van der Waals surface area (Å²) in [5.74, 6) is -1.97. The second kappa shape index (κ2) is 12.2. The summed E-state index contributed by atoms with van der Waals surface area (Å²) in [6, 6.07) is 7.12. The van der Waals surface area contributed by atoms with Crippen molar-refractivity contribution in [2.45, 2.75) is 59.0 Å². The van der Waals surface area contributed by atoms with Crippen LogP contribution in [0.5, 0.6) is 0 Å². The Hall–Kier alpha value is -2.41. The van der Waals surface area contributed by atoms with Gasteiger partial charge >= 0.3 is 5.97 Å². The van der Waals surface area contributed by atoms with Crippen LogP contribution in [0.15, 0.2) is 30.3 Å². The maximum absolute atomic E-state index is 13.2. The van der Waals surface area contributed by atoms with Gasteiger partial charge in [-0.1, -0.05) is 52.3 Å². The lowest BCUT2D eigenvalue weighted by Gasteiger charge is -2.35. The number of carbonyl (C=O) groups is 3. The Kier molecular flexibility index (Phi) is 10.4. The van der Waals surface area contributed by atoms with Crippen LogP contribution in [0, 0.1) is 11.8 Å². The molecule has 1 aromatic carbocycles. The topological polar surface area (TPSA) is 95.9 Å². The molecule has 1 aromatic rings. The van der Waals surface area contributed by atoms with E-state index in [-0.39, 0.29) is 24.9 Å². The molecular formula is C22H34N2O5. The van der Waals surface area contributed by atoms with Gasteiger partial charge in [-0.2, -0.15) is 0 Å². The van der Waals surface area contributed by atoms with Gasteiger partial charge in [0.15, 0.2) is 0 Å². The van der Waals surface area contributed by atoms with Crippen LogP contribution in [0.4, 0.5) is 5.69 Å². The van der Waals surface area contributed by atoms with Gasteiger partial charge in [-0.05, 0) is 24.5 Å². The molecule has 0 aromatic heterocycles. The van der Waals surface area contributed by atoms with Crippen molar-refractivity contribution in [3.63, 3.8) is 0 Å². The molecule has 3 atom stereocenters. The fraction of sp³-hybridized carbons (Fsp3) is 0.591. The maximum Gasteiger partial charge on any atom is 0.328 e. The molecule has 7 nitrogen and oxygen atoms in total. The highest BCUT2D eigenvalue weighted by Crippen LogP contribution is 2.24. The highest BCUT2D eigenvalue weighted by Gasteiger charge is 2.37. The minimum atomic E-state index is -0.960. The highest BCUT2D eigenvalue weighted by molar-refractivity contribution is 6.01. The number of ether oxygens (including phenoxy) is 1. The van der Waals surface area contributed by atoms with Crippen LogP contribution in [0.1, 0.15) is 47.0 Å². The number of carbonyl (C=O) groups excluding carboxylic acids is 3. The lowest BCUT2D eigenvalue weighted by Crippen LogP contribution is -2.57. The highest BCUT2D eigenvalue weighted by atomic mass is 16.5. The third kappa shape index (κ3) is 6.85. The summed E-state index contributed by atoms with van der Waals surface area (Å²) in [4.78, 5) is 39.8. The fourth-order valence-corrected chi connectivity index (χ4v) is 3.09. The van der Waals surface area contributed by atoms with E-state index in [9.17, 15) is 19.5 Å². The molecule has 0 aliphatic rings. The van der Waals surface area contributed by atoms with E-state index in [1.54, 1.807) is 45.0 Å². The van der Waals surface area contributed by atoms with Crippen LogP contribution in [0.25, 0.3) is 0 Å². The maximum atomic E-state index is 13.2. The van der Waals surface area contributed by atoms with Crippen LogP contribution >= 0.6 is 0 Å². The summed E-state index contributed by atoms with van der Waals surface area (Å²) in [6.07, 6.45) is 1.83. The minimum absolute atomic E-state index is 0.197. The smallest absolute Gasteiger partial charge is 0.328 e. The average molecular weight is 407 g/mol. The molecule has 1 rings (SSSR count). The van der Waals surface area contributed by atoms with Crippen LogP contribution < -0.4 is 10.2 Å². The number of rotatable bonds is 11. The normalized spacial score (nSPS) is 14.0. The van der Waals surface area contributed by atoms with E-state index in [1.165, 1.54) is 12.0 Å². The molecule has 0 aliphatic heterocycles. The lowest BCUT2D eigenvalue weighted by atomic mass is 9.96. The third-order valence-electron chi connectivity index (χ3n) is 4.84. The molecule has 2 amide bonds. The van der Waals surface area contributed by atoms with Gasteiger partial charge in [-0.25, -0.2) is 4.79 Å². The zero-order chi connectivity index (χ0) is 22.0. The number of hydrogen-bond donors (Lipinski definition) is 2. The molecule has 0 saturated heterocycles. The van der Waals surface area contributed by atoms with Crippen molar-refractivity contribution < 1.29 is 24.2 Å². The van der Waals surface area contributed by atoms with Crippen molar-refractivity contribution in [3.8, 4) is 0 Å². The molecule has 0 saturated carbocycles. The standard InChI is InChI=1S/C22H34N2O5/c1-6-7-13-18(26)24(17-11-9-8-10-12-17)20(16(4)14-25)21(27)23-19(15(2)3)22(28)29-5/h8-12,15-16,19-20,25H,6-7,13-14H2,1-5H3,(H,23,27)/t16?,19-,20-/m0/s1. The number of aliphatic hydroxyl groups excluding tert-OH is 1. The van der Waals surface area contributed by atoms with Gasteiger partial charge in [0.05, 0.1) is 7.11 Å². The zero-order valence-electron chi connectivity index (χ0n) is 18.1. The number of para-hydroxylation sites is 1. The summed E-state index contributed by atoms with van der Waals surface area (Å²) >= 11 is 0. The molecule has 0 heterocycles. The predicted octanol–water partition coefficient (Wildman–Crippen LogP) is 2.52. The van der Waals surface area contributed by atoms with E-state index in [4.69, 9.17) is 4.74 Å². The van der Waals surface area contributed by atoms with E-state index in [1.807, 2.05) is 13.0 Å². The first-order chi connectivity index (χ1) is 13.8. The van der Waals surface area contributed by atoms with Gasteiger partial charge in [0.1, 0.15) is 12.1 Å². The molecule has 0 bridgehead atoms. The Morgan fingerprint density at radius 2 is 1.76 bits per heavy atom. The SMILES string of the molecule is CCCCC(=O)N(c1ccccc1)[C@H](C(=O)N[C@H](C(=O)OC)C(C)C)C(C)CO. The number of aliphatic hydroxyl groups is 1. The minimum Gasteiger partial charge on any atom is -0.467 e. The van der Waals surface area contributed by atoms with Crippen molar-refractivity contribution in [1.29, 1.82) is 0 Å². The molecule has 0 radical (unpaired) electrons. The van der Waals surface area contributed by atoms with E-state index in [0.29, 0.717) is 12.1 Å². The second-order valence-corrected chi connectivity index (χ2v) is 7.56. The van der Waals surface area contributed by atoms with Crippen LogP contribution in [0.2, 0.25) is 0 Å². The van der Waals surface area contributed by atoms with Crippen molar-refractivity contribution in [2.24, 2.45) is 11.8 Å². The number of methoxy groups -OCH3 is 1. The summed E-state index contributed by atoms with van der Waals surface area (Å²) in [7, 11) is 1.27. The Bertz CT molecular complexity index is 662. The van der Waals surface area contributed by atoms with Gasteiger partial charge in [0.25, 0.3) is 0 Å². The Morgan fingerprint density at radius 3 is 2.24 bits per heavy atom. The monoisotopic (exact) mass is 406 g/mol. The molecular weight excluding hydrogens is 372 g/mol. The number of unbranched alkanes of at least 4 members (excludes halogenated alkanes) is 1. The number of benzene rings is 1. The first-order valence-electron chi connectivity index (χ1n) is 10.1. The summed E-state index contributed by atoms with van der Waals surface area (Å²) in [5.41, 5.74) is 0.577. The molecule has 7 heteroatoms. The third-order valence-corrected chi connectivity index (χ3v) is 4.84. The molecule has 0 aliphatic carbocycles. The molecule has 162 valence electrons. The Labute approximate surface area is 173 Å². The van der Waals surface area contributed by atoms with Gasteiger partial charge in [0, 0.05) is 24.6 Å². The van der Waals surface area contributed by atoms with Crippen LogP contribution in [-0.4, -0.2) is 48.7 Å². The molecule has 0 fully saturated rings. The number of hydrogen-bond acceptors (Lipinski definition) is 5. The van der Waals surface area contributed by atoms with E-state index in [0.717, 1.165) is 6.42 Å². The number of nitrogens with zero attached hydrogens (tertiary/aromatic N) is 1. The molecule has 1 unspecified atom stereocenters. The zero-order valence-corrected chi connectivity index (χ0v) is 18.1. The fourth-order valence-electron chi connectivity index (χ4n) is 3.09. The van der Waals surface area contributed by atoms with Gasteiger partial charge in [0.2, 0.25) is 11.8 Å². The van der Waals surface area contributed by atoms with Gasteiger partial charge < -0.3 is 15.2 Å². The van der Waals surface area contributed by atoms with E-state index >= 15 is 0 Å². The summed E-state index contributed by atoms with van der Waals surface area (Å²) in [5, 5.41) is 12.5. The lowest BCUT2D eigenvalue weighted by molar-refractivity contribution is -0.146. The summed E-state index contributed by atoms with van der Waals surface area (Å²) < 4.78 is 4.80. The molecule has 2 N–H and O–H groups in total. The predicted molar refractivity (Wildman–Crippen MR) is 112 cm³/mol. The summed E-state index contributed by atoms with van der Waals surface area (Å²) in [6.45, 7) is 7.01. The average Bonchev–Trinajstić information content (AvgIpc) is 2.73. The number of amides is 2. The van der Waals surface area contributed by atoms with Crippen LogP contribution in [-0.2, 0) is 19.1 Å². The quantitative estimate of drug-likeness (QED) is 0.551. The first-order valence-corrected chi connectivity index (χ1v) is 10.1. The second-order valence-electron chi connectivity index (χ2n) is 7.56. The molecule has 29 heavy (non-hydrogen) atoms. The van der Waals surface area contributed by atoms with Crippen molar-refractivity contribution in [3.05, 3.63) is 30.3 Å². The number of nitrogens with one attached hydrogen (secondary N) is 1. The van der Waals surface area contributed by atoms with Crippen LogP contribution in [0.3, 0.4) is 0 Å². The first kappa shape index (κ1) is 24.6. The Morgan fingerprint density at radius 1 is 1.14 bits per heavy atom. The van der Waals surface area contributed by atoms with Crippen molar-refractivity contribution in [1.82, 2.24) is 5.32 Å². The van der Waals surface area contributed by atoms with E-state index in [2.05, 4.69) is 5.32 Å². The van der Waals surface area contributed by atoms with Gasteiger partial charge in [-0.3, -0.25) is 14.5 Å². The van der Waals surface area contributed by atoms with E-state index < -0.39 is 29.9 Å². The van der Waals surface area contributed by atoms with Gasteiger partial charge in [-0.15, -0.1) is 0 Å². The largest absolute Gasteiger partial charge is 0.467 e. The number of anilines is 1. The Balaban J connectivity index is 3.32. The van der Waals surface area contributed by atoms with Crippen molar-refractivity contribution >= 4 is 23.5 Å². The van der Waals surface area contributed by atoms with Crippen molar-refractivity contribution in [2.75, 3.05) is 18.6 Å². The molecule has 0 spiro atoms. The number of esters is 1.